The molecule has 0 spiro atoms. The molecule has 2 aromatic carbocycles. The molecule has 0 aliphatic heterocycles. The summed E-state index contributed by atoms with van der Waals surface area (Å²) in [5, 5.41) is 19.5. The number of carboxylic acids is 1. The second-order valence-electron chi connectivity index (χ2n) is 4.29. The second-order valence-corrected chi connectivity index (χ2v) is 5.13. The maximum absolute atomic E-state index is 11.1. The molecule has 2 rings (SSSR count). The fourth-order valence-corrected chi connectivity index (χ4v) is 2.53. The SMILES string of the molecule is NOc1c(Cc2cc(Cl)cc(Cl)c2O)cccc1C(=O)O. The van der Waals surface area contributed by atoms with E-state index in [4.69, 9.17) is 34.2 Å². The summed E-state index contributed by atoms with van der Waals surface area (Å²) in [6.45, 7) is 0. The predicted molar refractivity (Wildman–Crippen MR) is 79.1 cm³/mol. The lowest BCUT2D eigenvalue weighted by atomic mass is 10.0. The molecule has 0 atom stereocenters. The number of halogens is 2. The minimum atomic E-state index is -1.16. The summed E-state index contributed by atoms with van der Waals surface area (Å²) in [5.74, 6) is 3.91. The van der Waals surface area contributed by atoms with Crippen molar-refractivity contribution in [3.05, 3.63) is 57.1 Å². The molecule has 0 radical (unpaired) electrons. The number of hydrogen-bond donors (Lipinski definition) is 3. The van der Waals surface area contributed by atoms with Crippen LogP contribution in [0.4, 0.5) is 0 Å². The van der Waals surface area contributed by atoms with Crippen molar-refractivity contribution < 1.29 is 19.8 Å². The summed E-state index contributed by atoms with van der Waals surface area (Å²) in [7, 11) is 0. The number of rotatable bonds is 4. The molecule has 0 aromatic heterocycles. The van der Waals surface area contributed by atoms with Gasteiger partial charge in [0.25, 0.3) is 0 Å². The quantitative estimate of drug-likeness (QED) is 0.749. The first kappa shape index (κ1) is 15.4. The molecule has 5 nitrogen and oxygen atoms in total. The van der Waals surface area contributed by atoms with E-state index >= 15 is 0 Å². The highest BCUT2D eigenvalue weighted by Crippen LogP contribution is 2.34. The van der Waals surface area contributed by atoms with Crippen LogP contribution in [-0.4, -0.2) is 16.2 Å². The van der Waals surface area contributed by atoms with Crippen LogP contribution < -0.4 is 10.7 Å². The van der Waals surface area contributed by atoms with Gasteiger partial charge in [-0.15, -0.1) is 0 Å². The number of nitrogens with two attached hydrogens (primary N) is 1. The molecule has 4 N–H and O–H groups in total. The molecule has 7 heteroatoms. The van der Waals surface area contributed by atoms with E-state index in [0.717, 1.165) is 0 Å². The molecule has 0 amide bonds. The predicted octanol–water partition coefficient (Wildman–Crippen LogP) is 3.24. The first-order valence-electron chi connectivity index (χ1n) is 5.82. The first-order valence-corrected chi connectivity index (χ1v) is 6.58. The standard InChI is InChI=1S/C14H11Cl2NO4/c15-9-5-8(12(18)11(16)6-9)4-7-2-1-3-10(14(19)20)13(7)21-17/h1-3,5-6,18H,4,17H2,(H,19,20). The van der Waals surface area contributed by atoms with Gasteiger partial charge >= 0.3 is 5.97 Å². The van der Waals surface area contributed by atoms with E-state index in [0.29, 0.717) is 16.1 Å². The Hall–Kier alpha value is -1.95. The molecule has 0 bridgehead atoms. The summed E-state index contributed by atoms with van der Waals surface area (Å²) in [5.41, 5.74) is 0.863. The smallest absolute Gasteiger partial charge is 0.339 e. The number of phenolic OH excluding ortho intramolecular Hbond substituents is 1. The van der Waals surface area contributed by atoms with Gasteiger partial charge in [0.05, 0.1) is 5.02 Å². The zero-order chi connectivity index (χ0) is 15.6. The van der Waals surface area contributed by atoms with Crippen LogP contribution in [0.15, 0.2) is 30.3 Å². The topological polar surface area (TPSA) is 92.8 Å². The minimum Gasteiger partial charge on any atom is -0.506 e. The van der Waals surface area contributed by atoms with E-state index in [9.17, 15) is 9.90 Å². The van der Waals surface area contributed by atoms with Crippen molar-refractivity contribution >= 4 is 29.2 Å². The highest BCUT2D eigenvalue weighted by molar-refractivity contribution is 6.35. The first-order chi connectivity index (χ1) is 9.93. The average Bonchev–Trinajstić information content (AvgIpc) is 2.43. The van der Waals surface area contributed by atoms with E-state index in [-0.39, 0.29) is 28.5 Å². The van der Waals surface area contributed by atoms with Gasteiger partial charge in [0, 0.05) is 22.6 Å². The highest BCUT2D eigenvalue weighted by atomic mass is 35.5. The molecule has 2 aromatic rings. The summed E-state index contributed by atoms with van der Waals surface area (Å²) in [6.07, 6.45) is 0.166. The Morgan fingerprint density at radius 3 is 2.57 bits per heavy atom. The Kier molecular flexibility index (Phi) is 4.57. The molecule has 0 aliphatic carbocycles. The lowest BCUT2D eigenvalue weighted by molar-refractivity contribution is 0.0692. The summed E-state index contributed by atoms with van der Waals surface area (Å²) < 4.78 is 0. The Labute approximate surface area is 130 Å². The molecule has 110 valence electrons. The van der Waals surface area contributed by atoms with Gasteiger partial charge in [-0.3, -0.25) is 0 Å². The second kappa shape index (κ2) is 6.22. The minimum absolute atomic E-state index is 0.0282. The fourth-order valence-electron chi connectivity index (χ4n) is 1.99. The number of hydrogen-bond acceptors (Lipinski definition) is 4. The third-order valence-electron chi connectivity index (χ3n) is 2.93. The van der Waals surface area contributed by atoms with Crippen LogP contribution in [0.25, 0.3) is 0 Å². The third kappa shape index (κ3) is 3.21. The molecule has 0 aliphatic rings. The van der Waals surface area contributed by atoms with Crippen molar-refractivity contribution in [2.75, 3.05) is 0 Å². The van der Waals surface area contributed by atoms with Gasteiger partial charge < -0.3 is 15.1 Å². The lowest BCUT2D eigenvalue weighted by Gasteiger charge is -2.12. The van der Waals surface area contributed by atoms with Crippen molar-refractivity contribution in [2.45, 2.75) is 6.42 Å². The molecule has 0 saturated carbocycles. The summed E-state index contributed by atoms with van der Waals surface area (Å²) in [4.78, 5) is 15.8. The van der Waals surface area contributed by atoms with Gasteiger partial charge in [-0.2, -0.15) is 5.90 Å². The molecule has 0 fully saturated rings. The number of aromatic hydroxyl groups is 1. The Balaban J connectivity index is 2.50. The average molecular weight is 328 g/mol. The maximum atomic E-state index is 11.1. The van der Waals surface area contributed by atoms with Crippen LogP contribution in [-0.2, 0) is 6.42 Å². The van der Waals surface area contributed by atoms with Crippen molar-refractivity contribution in [2.24, 2.45) is 5.90 Å². The zero-order valence-electron chi connectivity index (χ0n) is 10.6. The number of phenols is 1. The Bertz CT molecular complexity index is 704. The summed E-state index contributed by atoms with van der Waals surface area (Å²) in [6, 6.07) is 7.53. The van der Waals surface area contributed by atoms with Crippen molar-refractivity contribution in [1.82, 2.24) is 0 Å². The van der Waals surface area contributed by atoms with Gasteiger partial charge in [-0.05, 0) is 18.2 Å². The van der Waals surface area contributed by atoms with E-state index in [1.807, 2.05) is 0 Å². The largest absolute Gasteiger partial charge is 0.506 e. The van der Waals surface area contributed by atoms with Gasteiger partial charge in [0.15, 0.2) is 5.75 Å². The van der Waals surface area contributed by atoms with Crippen LogP contribution >= 0.6 is 23.2 Å². The van der Waals surface area contributed by atoms with Crippen molar-refractivity contribution in [1.29, 1.82) is 0 Å². The number of aromatic carboxylic acids is 1. The fraction of sp³-hybridized carbons (Fsp3) is 0.0714. The summed E-state index contributed by atoms with van der Waals surface area (Å²) >= 11 is 11.8. The lowest BCUT2D eigenvalue weighted by Crippen LogP contribution is -2.10. The van der Waals surface area contributed by atoms with Crippen LogP contribution in [0.3, 0.4) is 0 Å². The van der Waals surface area contributed by atoms with Gasteiger partial charge in [-0.25, -0.2) is 4.79 Å². The molecule has 0 saturated heterocycles. The number of carboxylic acid groups (broad SMARTS) is 1. The highest BCUT2D eigenvalue weighted by Gasteiger charge is 2.17. The Morgan fingerprint density at radius 2 is 1.95 bits per heavy atom. The van der Waals surface area contributed by atoms with Crippen LogP contribution in [0.2, 0.25) is 10.0 Å². The number of para-hydroxylation sites is 1. The molecular formula is C14H11Cl2NO4. The van der Waals surface area contributed by atoms with Crippen LogP contribution in [0.5, 0.6) is 11.5 Å². The van der Waals surface area contributed by atoms with E-state index < -0.39 is 5.97 Å². The molecular weight excluding hydrogens is 317 g/mol. The number of carbonyl (C=O) groups is 1. The van der Waals surface area contributed by atoms with Crippen molar-refractivity contribution in [3.63, 3.8) is 0 Å². The van der Waals surface area contributed by atoms with E-state index in [1.54, 1.807) is 12.1 Å². The third-order valence-corrected chi connectivity index (χ3v) is 3.44. The molecule has 0 heterocycles. The van der Waals surface area contributed by atoms with Crippen LogP contribution in [0.1, 0.15) is 21.5 Å². The van der Waals surface area contributed by atoms with Gasteiger partial charge in [-0.1, -0.05) is 35.3 Å². The van der Waals surface area contributed by atoms with Crippen LogP contribution in [0, 0.1) is 0 Å². The van der Waals surface area contributed by atoms with Gasteiger partial charge in [0.2, 0.25) is 0 Å². The van der Waals surface area contributed by atoms with Crippen molar-refractivity contribution in [3.8, 4) is 11.5 Å². The van der Waals surface area contributed by atoms with E-state index in [1.165, 1.54) is 18.2 Å². The molecule has 0 unspecified atom stereocenters. The van der Waals surface area contributed by atoms with E-state index in [2.05, 4.69) is 4.84 Å². The maximum Gasteiger partial charge on any atom is 0.339 e. The monoisotopic (exact) mass is 327 g/mol. The Morgan fingerprint density at radius 1 is 1.24 bits per heavy atom. The normalized spacial score (nSPS) is 10.4. The molecule has 21 heavy (non-hydrogen) atoms. The zero-order valence-corrected chi connectivity index (χ0v) is 12.1. The van der Waals surface area contributed by atoms with Gasteiger partial charge in [0.1, 0.15) is 11.3 Å². The number of benzene rings is 2.